The molecule has 1 saturated carbocycles. The Bertz CT molecular complexity index is 1350. The molecule has 0 saturated heterocycles. The normalized spacial score (nSPS) is 13.4. The van der Waals surface area contributed by atoms with Crippen molar-refractivity contribution in [2.75, 3.05) is 18.9 Å². The van der Waals surface area contributed by atoms with Crippen molar-refractivity contribution in [2.24, 2.45) is 5.92 Å². The van der Waals surface area contributed by atoms with Crippen LogP contribution in [0.25, 0.3) is 16.8 Å². The Labute approximate surface area is 203 Å². The molecular formula is C26H28N6O3. The molecule has 0 aliphatic heterocycles. The third-order valence-corrected chi connectivity index (χ3v) is 6.18. The molecular weight excluding hydrogens is 444 g/mol. The monoisotopic (exact) mass is 472 g/mol. The number of para-hydroxylation sites is 1. The highest BCUT2D eigenvalue weighted by atomic mass is 16.5. The Morgan fingerprint density at radius 3 is 2.83 bits per heavy atom. The second kappa shape index (κ2) is 10.0. The topological polar surface area (TPSA) is 117 Å². The van der Waals surface area contributed by atoms with Crippen molar-refractivity contribution in [3.05, 3.63) is 66.0 Å². The zero-order chi connectivity index (χ0) is 24.2. The van der Waals surface area contributed by atoms with Crippen LogP contribution in [0.1, 0.15) is 42.1 Å². The van der Waals surface area contributed by atoms with Gasteiger partial charge in [0.2, 0.25) is 11.8 Å². The number of hydrogen-bond donors (Lipinski definition) is 2. The lowest BCUT2D eigenvalue weighted by Crippen LogP contribution is -2.25. The summed E-state index contributed by atoms with van der Waals surface area (Å²) in [6.07, 6.45) is 7.17. The number of nitrogens with two attached hydrogens (primary N) is 1. The summed E-state index contributed by atoms with van der Waals surface area (Å²) in [6, 6.07) is 13.3. The highest BCUT2D eigenvalue weighted by Crippen LogP contribution is 2.29. The molecule has 1 aliphatic carbocycles. The van der Waals surface area contributed by atoms with Gasteiger partial charge < -0.3 is 20.5 Å². The first-order valence-electron chi connectivity index (χ1n) is 11.8. The van der Waals surface area contributed by atoms with E-state index in [2.05, 4.69) is 20.4 Å². The molecule has 9 nitrogen and oxygen atoms in total. The number of nitrogens with zero attached hydrogens (tertiary/aromatic N) is 4. The SMILES string of the molecule is CCOc1ncc(-c2ccn3nc(N)nc3c2)cc1C(=O)NCc1ccccc1OCC1CCC1. The number of aromatic nitrogens is 4. The number of anilines is 1. The van der Waals surface area contributed by atoms with Crippen molar-refractivity contribution in [3.8, 4) is 22.8 Å². The number of hydrogen-bond acceptors (Lipinski definition) is 7. The van der Waals surface area contributed by atoms with Crippen LogP contribution in [0.4, 0.5) is 5.95 Å². The number of pyridine rings is 2. The Morgan fingerprint density at radius 2 is 2.03 bits per heavy atom. The third kappa shape index (κ3) is 5.03. The molecule has 0 unspecified atom stereocenters. The van der Waals surface area contributed by atoms with Gasteiger partial charge in [0, 0.05) is 30.1 Å². The van der Waals surface area contributed by atoms with Gasteiger partial charge >= 0.3 is 0 Å². The highest BCUT2D eigenvalue weighted by Gasteiger charge is 2.19. The summed E-state index contributed by atoms with van der Waals surface area (Å²) in [5, 5.41) is 7.10. The van der Waals surface area contributed by atoms with Crippen molar-refractivity contribution in [3.63, 3.8) is 0 Å². The molecule has 0 radical (unpaired) electrons. The lowest BCUT2D eigenvalue weighted by Gasteiger charge is -2.25. The van der Waals surface area contributed by atoms with Gasteiger partial charge in [0.25, 0.3) is 5.91 Å². The summed E-state index contributed by atoms with van der Waals surface area (Å²) >= 11 is 0. The zero-order valence-corrected chi connectivity index (χ0v) is 19.6. The molecule has 0 spiro atoms. The van der Waals surface area contributed by atoms with Gasteiger partial charge in [-0.15, -0.1) is 5.10 Å². The van der Waals surface area contributed by atoms with E-state index >= 15 is 0 Å². The number of rotatable bonds is 9. The summed E-state index contributed by atoms with van der Waals surface area (Å²) in [6.45, 7) is 3.31. The molecule has 3 N–H and O–H groups in total. The van der Waals surface area contributed by atoms with E-state index < -0.39 is 0 Å². The molecule has 1 amide bonds. The van der Waals surface area contributed by atoms with E-state index in [1.165, 1.54) is 19.3 Å². The minimum Gasteiger partial charge on any atom is -0.493 e. The van der Waals surface area contributed by atoms with Crippen LogP contribution in [0, 0.1) is 5.92 Å². The molecule has 4 aromatic rings. The van der Waals surface area contributed by atoms with Gasteiger partial charge in [-0.25, -0.2) is 9.50 Å². The number of nitrogens with one attached hydrogen (secondary N) is 1. The Morgan fingerprint density at radius 1 is 1.17 bits per heavy atom. The summed E-state index contributed by atoms with van der Waals surface area (Å²) in [5.74, 6) is 1.65. The van der Waals surface area contributed by atoms with Crippen molar-refractivity contribution in [2.45, 2.75) is 32.7 Å². The minimum atomic E-state index is -0.274. The minimum absolute atomic E-state index is 0.198. The predicted molar refractivity (Wildman–Crippen MR) is 132 cm³/mol. The van der Waals surface area contributed by atoms with E-state index in [4.69, 9.17) is 15.2 Å². The third-order valence-electron chi connectivity index (χ3n) is 6.18. The standard InChI is InChI=1S/C26H28N6O3/c1-2-34-25-21(12-20(15-29-25)18-10-11-32-23(13-18)30-26(27)31-32)24(33)28-14-19-8-3-4-9-22(19)35-16-17-6-5-7-17/h3-4,8-13,15,17H,2,5-7,14,16H2,1H3,(H2,27,31)(H,28,33). The second-order valence-corrected chi connectivity index (χ2v) is 8.60. The maximum atomic E-state index is 13.2. The van der Waals surface area contributed by atoms with Crippen molar-refractivity contribution < 1.29 is 14.3 Å². The fourth-order valence-electron chi connectivity index (χ4n) is 4.03. The lowest BCUT2D eigenvalue weighted by molar-refractivity contribution is 0.0945. The van der Waals surface area contributed by atoms with Gasteiger partial charge in [-0.1, -0.05) is 24.6 Å². The highest BCUT2D eigenvalue weighted by molar-refractivity contribution is 5.97. The maximum absolute atomic E-state index is 13.2. The van der Waals surface area contributed by atoms with Gasteiger partial charge in [0.15, 0.2) is 5.65 Å². The summed E-state index contributed by atoms with van der Waals surface area (Å²) in [4.78, 5) is 21.8. The van der Waals surface area contributed by atoms with E-state index in [-0.39, 0.29) is 17.7 Å². The number of carbonyl (C=O) groups is 1. The summed E-state index contributed by atoms with van der Waals surface area (Å²) < 4.78 is 13.3. The van der Waals surface area contributed by atoms with E-state index in [0.29, 0.717) is 36.9 Å². The number of nitrogen functional groups attached to an aromatic ring is 1. The van der Waals surface area contributed by atoms with Crippen LogP contribution >= 0.6 is 0 Å². The van der Waals surface area contributed by atoms with Crippen LogP contribution in [0.3, 0.4) is 0 Å². The van der Waals surface area contributed by atoms with Gasteiger partial charge in [0.1, 0.15) is 11.3 Å². The molecule has 3 aromatic heterocycles. The average molecular weight is 473 g/mol. The molecule has 9 heteroatoms. The maximum Gasteiger partial charge on any atom is 0.257 e. The molecule has 1 aromatic carbocycles. The van der Waals surface area contributed by atoms with E-state index in [0.717, 1.165) is 22.4 Å². The Kier molecular flexibility index (Phi) is 6.47. The first-order valence-corrected chi connectivity index (χ1v) is 11.8. The molecule has 1 fully saturated rings. The van der Waals surface area contributed by atoms with Gasteiger partial charge in [-0.3, -0.25) is 4.79 Å². The van der Waals surface area contributed by atoms with E-state index in [9.17, 15) is 4.79 Å². The largest absolute Gasteiger partial charge is 0.493 e. The Balaban J connectivity index is 1.35. The Hall–Kier alpha value is -4.14. The number of ether oxygens (including phenoxy) is 2. The van der Waals surface area contributed by atoms with Gasteiger partial charge in [0.05, 0.1) is 13.2 Å². The van der Waals surface area contributed by atoms with Gasteiger partial charge in [-0.2, -0.15) is 4.98 Å². The lowest BCUT2D eigenvalue weighted by atomic mass is 9.86. The van der Waals surface area contributed by atoms with E-state index in [1.807, 2.05) is 43.3 Å². The van der Waals surface area contributed by atoms with Crippen LogP contribution in [-0.4, -0.2) is 38.7 Å². The van der Waals surface area contributed by atoms with Crippen LogP contribution in [0.15, 0.2) is 54.9 Å². The smallest absolute Gasteiger partial charge is 0.257 e. The molecule has 0 bridgehead atoms. The van der Waals surface area contributed by atoms with Crippen LogP contribution < -0.4 is 20.5 Å². The fourth-order valence-corrected chi connectivity index (χ4v) is 4.03. The molecule has 35 heavy (non-hydrogen) atoms. The fraction of sp³-hybridized carbons (Fsp3) is 0.308. The quantitative estimate of drug-likeness (QED) is 0.380. The van der Waals surface area contributed by atoms with Crippen LogP contribution in [-0.2, 0) is 6.54 Å². The molecule has 3 heterocycles. The van der Waals surface area contributed by atoms with Crippen molar-refractivity contribution in [1.82, 2.24) is 24.9 Å². The second-order valence-electron chi connectivity index (χ2n) is 8.60. The van der Waals surface area contributed by atoms with Crippen LogP contribution in [0.5, 0.6) is 11.6 Å². The number of carbonyl (C=O) groups excluding carboxylic acids is 1. The summed E-state index contributed by atoms with van der Waals surface area (Å²) in [5.41, 5.74) is 9.19. The molecule has 180 valence electrons. The number of fused-ring (bicyclic) bond motifs is 1. The van der Waals surface area contributed by atoms with E-state index in [1.54, 1.807) is 23.0 Å². The van der Waals surface area contributed by atoms with Crippen molar-refractivity contribution >= 4 is 17.5 Å². The molecule has 0 atom stereocenters. The van der Waals surface area contributed by atoms with Gasteiger partial charge in [-0.05, 0) is 55.5 Å². The summed E-state index contributed by atoms with van der Waals surface area (Å²) in [7, 11) is 0. The molecule has 1 aliphatic rings. The zero-order valence-electron chi connectivity index (χ0n) is 19.6. The van der Waals surface area contributed by atoms with Crippen molar-refractivity contribution in [1.29, 1.82) is 0 Å². The number of benzene rings is 1. The average Bonchev–Trinajstić information content (AvgIpc) is 3.22. The first kappa shape index (κ1) is 22.6. The first-order chi connectivity index (χ1) is 17.1. The number of amides is 1. The molecule has 5 rings (SSSR count). The van der Waals surface area contributed by atoms with Crippen LogP contribution in [0.2, 0.25) is 0 Å². The predicted octanol–water partition coefficient (Wildman–Crippen LogP) is 3.88.